The maximum Gasteiger partial charge on any atom is 0.248 e. The SMILES string of the molecule is Cc1ccc(C)c([Si](Cl)(c2c(C)ccc(C)c2[Si](C)(C)C)c2c(C)ccc(C)c2[Si](C)(C)C)c1[Si](C)(C)C. The van der Waals surface area contributed by atoms with Crippen LogP contribution in [-0.2, 0) is 0 Å². The van der Waals surface area contributed by atoms with Gasteiger partial charge in [0.2, 0.25) is 7.38 Å². The van der Waals surface area contributed by atoms with E-state index in [1.165, 1.54) is 48.9 Å². The van der Waals surface area contributed by atoms with Crippen LogP contribution in [0, 0.1) is 41.5 Å². The molecule has 0 nitrogen and oxygen atoms in total. The second-order valence-electron chi connectivity index (χ2n) is 14.8. The first kappa shape index (κ1) is 31.3. The molecule has 38 heavy (non-hydrogen) atoms. The van der Waals surface area contributed by atoms with Crippen LogP contribution in [0.1, 0.15) is 33.4 Å². The van der Waals surface area contributed by atoms with Crippen molar-refractivity contribution in [2.75, 3.05) is 0 Å². The van der Waals surface area contributed by atoms with Gasteiger partial charge >= 0.3 is 0 Å². The highest BCUT2D eigenvalue weighted by Crippen LogP contribution is 2.23. The van der Waals surface area contributed by atoms with Gasteiger partial charge in [0.25, 0.3) is 0 Å². The van der Waals surface area contributed by atoms with Crippen LogP contribution in [0.15, 0.2) is 36.4 Å². The summed E-state index contributed by atoms with van der Waals surface area (Å²) in [7, 11) is -8.23. The van der Waals surface area contributed by atoms with Crippen molar-refractivity contribution in [1.29, 1.82) is 0 Å². The number of rotatable bonds is 6. The van der Waals surface area contributed by atoms with E-state index in [0.29, 0.717) is 0 Å². The molecule has 206 valence electrons. The van der Waals surface area contributed by atoms with Crippen molar-refractivity contribution in [2.45, 2.75) is 100 Å². The third kappa shape index (κ3) is 5.41. The van der Waals surface area contributed by atoms with Crippen molar-refractivity contribution >= 4 is 73.8 Å². The van der Waals surface area contributed by atoms with E-state index in [2.05, 4.69) is 137 Å². The minimum Gasteiger partial charge on any atom is -0.149 e. The molecule has 0 saturated carbocycles. The first-order chi connectivity index (χ1) is 17.1. The predicted molar refractivity (Wildman–Crippen MR) is 187 cm³/mol. The fraction of sp³-hybridized carbons (Fsp3) is 0.455. The van der Waals surface area contributed by atoms with Gasteiger partial charge in [0, 0.05) is 0 Å². The smallest absolute Gasteiger partial charge is 0.149 e. The van der Waals surface area contributed by atoms with Gasteiger partial charge in [-0.3, -0.25) is 0 Å². The number of benzene rings is 3. The van der Waals surface area contributed by atoms with Crippen molar-refractivity contribution in [3.63, 3.8) is 0 Å². The van der Waals surface area contributed by atoms with Crippen LogP contribution in [0.2, 0.25) is 58.9 Å². The van der Waals surface area contributed by atoms with Crippen molar-refractivity contribution < 1.29 is 0 Å². The molecule has 0 spiro atoms. The van der Waals surface area contributed by atoms with Crippen molar-refractivity contribution in [1.82, 2.24) is 0 Å². The Morgan fingerprint density at radius 1 is 0.342 bits per heavy atom. The third-order valence-electron chi connectivity index (χ3n) is 8.15. The minimum absolute atomic E-state index is 1.37. The van der Waals surface area contributed by atoms with Crippen LogP contribution >= 0.6 is 11.1 Å². The lowest BCUT2D eigenvalue weighted by atomic mass is 10.1. The maximum atomic E-state index is 8.79. The topological polar surface area (TPSA) is 0 Å². The molecule has 0 aromatic heterocycles. The average molecular weight is 596 g/mol. The summed E-state index contributed by atoms with van der Waals surface area (Å²) in [5.41, 5.74) is 8.38. The van der Waals surface area contributed by atoms with E-state index in [9.17, 15) is 0 Å². The first-order valence-corrected chi connectivity index (χ1v) is 27.7. The molecule has 3 aromatic carbocycles. The molecule has 0 bridgehead atoms. The second-order valence-corrected chi connectivity index (χ2v) is 34.3. The molecule has 0 saturated heterocycles. The fourth-order valence-corrected chi connectivity index (χ4v) is 25.9. The molecule has 5 heteroatoms. The molecule has 0 amide bonds. The van der Waals surface area contributed by atoms with Crippen LogP contribution < -0.4 is 31.1 Å². The Balaban J connectivity index is 2.84. The standard InChI is InChI=1S/C33H51ClSi4/c1-22-16-19-25(4)31(28(22)35(7,8)9)38(34,32-26(5)20-17-23(2)29(32)36(10,11)12)33-27(6)21-18-24(3)30(33)37(13,14)15/h16-21H,1-15H3. The van der Waals surface area contributed by atoms with E-state index in [-0.39, 0.29) is 0 Å². The summed E-state index contributed by atoms with van der Waals surface area (Å²) in [6.45, 7) is 36.6. The van der Waals surface area contributed by atoms with Crippen LogP contribution in [0.5, 0.6) is 0 Å². The molecule has 0 atom stereocenters. The van der Waals surface area contributed by atoms with E-state index >= 15 is 0 Å². The fourth-order valence-electron chi connectivity index (χ4n) is 7.04. The van der Waals surface area contributed by atoms with Gasteiger partial charge < -0.3 is 0 Å². The van der Waals surface area contributed by atoms with E-state index in [1.54, 1.807) is 15.6 Å². The molecule has 0 fully saturated rings. The zero-order valence-electron chi connectivity index (χ0n) is 26.8. The molecule has 0 N–H and O–H groups in total. The van der Waals surface area contributed by atoms with Crippen LogP contribution in [-0.4, -0.2) is 31.6 Å². The molecule has 3 aromatic rings. The number of hydrogen-bond acceptors (Lipinski definition) is 0. The summed E-state index contributed by atoms with van der Waals surface area (Å²) in [5, 5.41) is 9.26. The van der Waals surface area contributed by atoms with Gasteiger partial charge in [0.05, 0.1) is 24.2 Å². The third-order valence-corrected chi connectivity index (χ3v) is 21.0. The lowest BCUT2D eigenvalue weighted by Crippen LogP contribution is -2.79. The summed E-state index contributed by atoms with van der Waals surface area (Å²) in [5.74, 6) is 0. The minimum atomic E-state index is -2.99. The summed E-state index contributed by atoms with van der Waals surface area (Å²) < 4.78 is 0. The van der Waals surface area contributed by atoms with Crippen molar-refractivity contribution in [2.24, 2.45) is 0 Å². The van der Waals surface area contributed by atoms with Gasteiger partial charge in [-0.2, -0.15) is 0 Å². The number of hydrogen-bond donors (Lipinski definition) is 0. The molecule has 0 aliphatic rings. The van der Waals surface area contributed by atoms with Gasteiger partial charge in [-0.1, -0.05) is 144 Å². The highest BCUT2D eigenvalue weighted by atomic mass is 35.6. The molecule has 0 aliphatic heterocycles. The van der Waals surface area contributed by atoms with Crippen LogP contribution in [0.4, 0.5) is 0 Å². The van der Waals surface area contributed by atoms with Gasteiger partial charge in [-0.25, -0.2) is 0 Å². The predicted octanol–water partition coefficient (Wildman–Crippen LogP) is 6.38. The Hall–Kier alpha value is -1.18. The highest BCUT2D eigenvalue weighted by molar-refractivity contribution is 7.43. The summed E-state index contributed by atoms with van der Waals surface area (Å²) >= 11 is 8.79. The normalized spacial score (nSPS) is 13.3. The van der Waals surface area contributed by atoms with E-state index in [4.69, 9.17) is 11.1 Å². The largest absolute Gasteiger partial charge is 0.248 e. The Labute approximate surface area is 243 Å². The second kappa shape index (κ2) is 10.3. The van der Waals surface area contributed by atoms with Crippen molar-refractivity contribution in [3.05, 3.63) is 69.8 Å². The van der Waals surface area contributed by atoms with Crippen LogP contribution in [0.25, 0.3) is 0 Å². The number of aryl methyl sites for hydroxylation is 6. The summed E-state index contributed by atoms with van der Waals surface area (Å²) in [6, 6.07) is 14.1. The highest BCUT2D eigenvalue weighted by Gasteiger charge is 2.49. The Morgan fingerprint density at radius 3 is 0.658 bits per heavy atom. The lowest BCUT2D eigenvalue weighted by molar-refractivity contribution is 1.41. The maximum absolute atomic E-state index is 8.79. The Kier molecular flexibility index (Phi) is 8.53. The number of halogens is 1. The van der Waals surface area contributed by atoms with Gasteiger partial charge in [-0.05, 0) is 57.1 Å². The quantitative estimate of drug-likeness (QED) is 0.176. The molecule has 0 radical (unpaired) electrons. The molecule has 0 aliphatic carbocycles. The molecule has 3 rings (SSSR count). The molecular weight excluding hydrogens is 544 g/mol. The zero-order chi connectivity index (χ0) is 29.2. The first-order valence-electron chi connectivity index (χ1n) is 14.2. The average Bonchev–Trinajstić information content (AvgIpc) is 2.74. The van der Waals surface area contributed by atoms with Crippen LogP contribution in [0.3, 0.4) is 0 Å². The molecular formula is C33H51ClSi4. The zero-order valence-corrected chi connectivity index (χ0v) is 31.6. The van der Waals surface area contributed by atoms with Gasteiger partial charge in [0.1, 0.15) is 0 Å². The lowest BCUT2D eigenvalue weighted by Gasteiger charge is -2.42. The van der Waals surface area contributed by atoms with E-state index in [0.717, 1.165) is 0 Å². The summed E-state index contributed by atoms with van der Waals surface area (Å²) in [6.07, 6.45) is 0. The Morgan fingerprint density at radius 2 is 0.500 bits per heavy atom. The summed E-state index contributed by atoms with van der Waals surface area (Å²) in [4.78, 5) is 0. The Bertz CT molecular complexity index is 1210. The van der Waals surface area contributed by atoms with Gasteiger partial charge in [-0.15, -0.1) is 11.1 Å². The van der Waals surface area contributed by atoms with E-state index < -0.39 is 31.6 Å². The molecule has 0 heterocycles. The van der Waals surface area contributed by atoms with Crippen molar-refractivity contribution in [3.8, 4) is 0 Å². The monoisotopic (exact) mass is 594 g/mol. The molecule has 0 unspecified atom stereocenters. The van der Waals surface area contributed by atoms with Gasteiger partial charge in [0.15, 0.2) is 0 Å². The van der Waals surface area contributed by atoms with E-state index in [1.807, 2.05) is 0 Å².